The molecule has 4 nitrogen and oxygen atoms in total. The number of aromatic nitrogens is 1. The number of hydrogen-bond donors (Lipinski definition) is 0. The average molecular weight is 405 g/mol. The lowest BCUT2D eigenvalue weighted by Crippen LogP contribution is -2.35. The number of alkyl halides is 3. The van der Waals surface area contributed by atoms with Crippen LogP contribution in [0.25, 0.3) is 0 Å². The van der Waals surface area contributed by atoms with E-state index in [9.17, 15) is 18.0 Å². The van der Waals surface area contributed by atoms with E-state index in [1.807, 2.05) is 29.2 Å². The van der Waals surface area contributed by atoms with Crippen molar-refractivity contribution in [2.75, 3.05) is 31.1 Å². The van der Waals surface area contributed by atoms with Gasteiger partial charge in [-0.15, -0.1) is 0 Å². The lowest BCUT2D eigenvalue weighted by atomic mass is 9.86. The Labute approximate surface area is 169 Å². The molecule has 1 fully saturated rings. The minimum atomic E-state index is -4.39. The van der Waals surface area contributed by atoms with E-state index >= 15 is 0 Å². The molecule has 1 aliphatic heterocycles. The quantitative estimate of drug-likeness (QED) is 0.724. The fraction of sp³-hybridized carbons (Fsp3) is 0.455. The molecule has 0 spiro atoms. The first-order valence-corrected chi connectivity index (χ1v) is 9.74. The number of benzene rings is 1. The Hall–Kier alpha value is -2.57. The zero-order chi connectivity index (χ0) is 21.2. The van der Waals surface area contributed by atoms with Crippen LogP contribution in [-0.4, -0.2) is 42.0 Å². The molecule has 0 aliphatic carbocycles. The highest BCUT2D eigenvalue weighted by Gasteiger charge is 2.31. The maximum atomic E-state index is 12.9. The van der Waals surface area contributed by atoms with Crippen molar-refractivity contribution in [3.8, 4) is 0 Å². The predicted octanol–water partition coefficient (Wildman–Crippen LogP) is 4.75. The standard InChI is InChI=1S/C22H26F3N3O/c1-21(2,3)17-7-5-16(6-8-17)20(29)28-12-4-11-27(13-14-28)19-10-9-18(15-26-19)22(23,24)25/h5-10,15H,4,11-14H2,1-3H3. The van der Waals surface area contributed by atoms with Gasteiger partial charge in [0.05, 0.1) is 5.56 Å². The predicted molar refractivity (Wildman–Crippen MR) is 107 cm³/mol. The second kappa shape index (κ2) is 8.05. The average Bonchev–Trinajstić information content (AvgIpc) is 2.92. The van der Waals surface area contributed by atoms with Crippen molar-refractivity contribution < 1.29 is 18.0 Å². The van der Waals surface area contributed by atoms with Crippen LogP contribution in [0.1, 0.15) is 48.7 Å². The molecule has 0 saturated carbocycles. The van der Waals surface area contributed by atoms with Gasteiger partial charge in [0.25, 0.3) is 5.91 Å². The third-order valence-corrected chi connectivity index (χ3v) is 5.18. The van der Waals surface area contributed by atoms with Gasteiger partial charge < -0.3 is 9.80 Å². The van der Waals surface area contributed by atoms with E-state index in [1.54, 1.807) is 4.90 Å². The van der Waals surface area contributed by atoms with E-state index in [-0.39, 0.29) is 11.3 Å². The minimum Gasteiger partial charge on any atom is -0.355 e. The monoisotopic (exact) mass is 405 g/mol. The van der Waals surface area contributed by atoms with Gasteiger partial charge in [-0.1, -0.05) is 32.9 Å². The molecule has 3 rings (SSSR count). The second-order valence-corrected chi connectivity index (χ2v) is 8.36. The number of anilines is 1. The van der Waals surface area contributed by atoms with E-state index < -0.39 is 11.7 Å². The van der Waals surface area contributed by atoms with Gasteiger partial charge in [0.1, 0.15) is 5.82 Å². The molecule has 0 N–H and O–H groups in total. The maximum Gasteiger partial charge on any atom is 0.417 e. The Morgan fingerprint density at radius 3 is 2.10 bits per heavy atom. The topological polar surface area (TPSA) is 36.4 Å². The van der Waals surface area contributed by atoms with E-state index in [0.29, 0.717) is 37.6 Å². The van der Waals surface area contributed by atoms with Gasteiger partial charge in [-0.05, 0) is 41.7 Å². The van der Waals surface area contributed by atoms with E-state index in [1.165, 1.54) is 11.6 Å². The smallest absolute Gasteiger partial charge is 0.355 e. The number of carbonyl (C=O) groups is 1. The lowest BCUT2D eigenvalue weighted by Gasteiger charge is -2.24. The van der Waals surface area contributed by atoms with Gasteiger partial charge in [-0.3, -0.25) is 4.79 Å². The first-order chi connectivity index (χ1) is 13.6. The summed E-state index contributed by atoms with van der Waals surface area (Å²) < 4.78 is 38.2. The van der Waals surface area contributed by atoms with E-state index in [0.717, 1.165) is 18.7 Å². The Morgan fingerprint density at radius 1 is 0.897 bits per heavy atom. The van der Waals surface area contributed by atoms with Crippen LogP contribution < -0.4 is 4.90 Å². The highest BCUT2D eigenvalue weighted by Crippen LogP contribution is 2.29. The number of rotatable bonds is 2. The summed E-state index contributed by atoms with van der Waals surface area (Å²) in [7, 11) is 0. The van der Waals surface area contributed by atoms with Gasteiger partial charge in [0.2, 0.25) is 0 Å². The lowest BCUT2D eigenvalue weighted by molar-refractivity contribution is -0.137. The minimum absolute atomic E-state index is 0.0207. The van der Waals surface area contributed by atoms with Crippen LogP contribution in [0, 0.1) is 0 Å². The Kier molecular flexibility index (Phi) is 5.87. The van der Waals surface area contributed by atoms with Crippen molar-refractivity contribution in [3.05, 3.63) is 59.3 Å². The molecule has 2 heterocycles. The van der Waals surface area contributed by atoms with Crippen molar-refractivity contribution in [2.24, 2.45) is 0 Å². The SMILES string of the molecule is CC(C)(C)c1ccc(C(=O)N2CCCN(c3ccc(C(F)(F)F)cn3)CC2)cc1. The van der Waals surface area contributed by atoms with E-state index in [4.69, 9.17) is 0 Å². The number of halogens is 3. The molecule has 1 amide bonds. The summed E-state index contributed by atoms with van der Waals surface area (Å²) in [5.41, 5.74) is 1.09. The molecule has 7 heteroatoms. The molecule has 156 valence electrons. The summed E-state index contributed by atoms with van der Waals surface area (Å²) in [5, 5.41) is 0. The molecular formula is C22H26F3N3O. The molecule has 0 bridgehead atoms. The number of amides is 1. The highest BCUT2D eigenvalue weighted by molar-refractivity contribution is 5.94. The van der Waals surface area contributed by atoms with Crippen molar-refractivity contribution in [3.63, 3.8) is 0 Å². The van der Waals surface area contributed by atoms with Crippen LogP contribution in [0.2, 0.25) is 0 Å². The van der Waals surface area contributed by atoms with Crippen LogP contribution in [0.15, 0.2) is 42.6 Å². The zero-order valence-corrected chi connectivity index (χ0v) is 17.0. The zero-order valence-electron chi connectivity index (χ0n) is 17.0. The summed E-state index contributed by atoms with van der Waals surface area (Å²) >= 11 is 0. The summed E-state index contributed by atoms with van der Waals surface area (Å²) in [6.45, 7) is 8.67. The number of carbonyl (C=O) groups excluding carboxylic acids is 1. The molecule has 1 aromatic heterocycles. The molecule has 0 unspecified atom stereocenters. The van der Waals surface area contributed by atoms with Crippen LogP contribution in [-0.2, 0) is 11.6 Å². The summed E-state index contributed by atoms with van der Waals surface area (Å²) in [6.07, 6.45) is -2.80. The molecule has 0 atom stereocenters. The molecule has 1 aliphatic rings. The fourth-order valence-corrected chi connectivity index (χ4v) is 3.39. The van der Waals surface area contributed by atoms with Crippen LogP contribution >= 0.6 is 0 Å². The summed E-state index contributed by atoms with van der Waals surface area (Å²) in [6, 6.07) is 10.2. The molecule has 1 aromatic carbocycles. The molecule has 1 saturated heterocycles. The number of hydrogen-bond acceptors (Lipinski definition) is 3. The molecule has 29 heavy (non-hydrogen) atoms. The number of nitrogens with zero attached hydrogens (tertiary/aromatic N) is 3. The van der Waals surface area contributed by atoms with Gasteiger partial charge in [0.15, 0.2) is 0 Å². The molecular weight excluding hydrogens is 379 g/mol. The molecule has 0 radical (unpaired) electrons. The maximum absolute atomic E-state index is 12.9. The second-order valence-electron chi connectivity index (χ2n) is 8.36. The van der Waals surface area contributed by atoms with Crippen LogP contribution in [0.5, 0.6) is 0 Å². The van der Waals surface area contributed by atoms with Crippen molar-refractivity contribution >= 4 is 11.7 Å². The van der Waals surface area contributed by atoms with Crippen molar-refractivity contribution in [1.29, 1.82) is 0 Å². The largest absolute Gasteiger partial charge is 0.417 e. The normalized spacial score (nSPS) is 15.9. The van der Waals surface area contributed by atoms with Crippen LogP contribution in [0.3, 0.4) is 0 Å². The first kappa shape index (κ1) is 21.1. The highest BCUT2D eigenvalue weighted by atomic mass is 19.4. The van der Waals surface area contributed by atoms with Gasteiger partial charge in [-0.25, -0.2) is 4.98 Å². The third kappa shape index (κ3) is 5.08. The van der Waals surface area contributed by atoms with E-state index in [2.05, 4.69) is 25.8 Å². The first-order valence-electron chi connectivity index (χ1n) is 9.74. The Bertz CT molecular complexity index is 840. The Morgan fingerprint density at radius 2 is 1.55 bits per heavy atom. The van der Waals surface area contributed by atoms with Gasteiger partial charge in [0, 0.05) is 37.9 Å². The molecule has 2 aromatic rings. The third-order valence-electron chi connectivity index (χ3n) is 5.18. The van der Waals surface area contributed by atoms with Crippen molar-refractivity contribution in [1.82, 2.24) is 9.88 Å². The Balaban J connectivity index is 1.65. The van der Waals surface area contributed by atoms with Gasteiger partial charge >= 0.3 is 6.18 Å². The summed E-state index contributed by atoms with van der Waals surface area (Å²) in [5.74, 6) is 0.481. The summed E-state index contributed by atoms with van der Waals surface area (Å²) in [4.78, 5) is 20.6. The van der Waals surface area contributed by atoms with Crippen LogP contribution in [0.4, 0.5) is 19.0 Å². The van der Waals surface area contributed by atoms with Gasteiger partial charge in [-0.2, -0.15) is 13.2 Å². The fourth-order valence-electron chi connectivity index (χ4n) is 3.39. The number of pyridine rings is 1. The van der Waals surface area contributed by atoms with Crippen molar-refractivity contribution in [2.45, 2.75) is 38.8 Å².